The molecule has 2 rings (SSSR count). The van der Waals surface area contributed by atoms with Crippen LogP contribution in [-0.4, -0.2) is 37.7 Å². The van der Waals surface area contributed by atoms with Crippen molar-refractivity contribution in [2.24, 2.45) is 0 Å². The molecule has 0 saturated carbocycles. The number of methoxy groups -OCH3 is 1. The summed E-state index contributed by atoms with van der Waals surface area (Å²) in [6.45, 7) is 6.59. The molecule has 1 heterocycles. The highest BCUT2D eigenvalue weighted by atomic mass is 16.5. The van der Waals surface area contributed by atoms with Crippen LogP contribution in [0.1, 0.15) is 12.5 Å². The fraction of sp³-hybridized carbons (Fsp3) is 0.538. The smallest absolute Gasteiger partial charge is 0.119 e. The number of hydrogen-bond acceptors (Lipinski definition) is 3. The first kappa shape index (κ1) is 11.4. The molecule has 88 valence electrons. The number of nitrogens with one attached hydrogen (secondary N) is 1. The molecule has 0 aliphatic carbocycles. The summed E-state index contributed by atoms with van der Waals surface area (Å²) in [7, 11) is 1.71. The van der Waals surface area contributed by atoms with Gasteiger partial charge in [0.2, 0.25) is 0 Å². The van der Waals surface area contributed by atoms with Crippen LogP contribution in [0.5, 0.6) is 5.75 Å². The quantitative estimate of drug-likeness (QED) is 0.835. The van der Waals surface area contributed by atoms with E-state index in [9.17, 15) is 0 Å². The predicted octanol–water partition coefficient (Wildman–Crippen LogP) is 1.49. The first-order valence-corrected chi connectivity index (χ1v) is 5.87. The van der Waals surface area contributed by atoms with Crippen LogP contribution in [0.2, 0.25) is 0 Å². The second-order valence-corrected chi connectivity index (χ2v) is 4.38. The van der Waals surface area contributed by atoms with Crippen LogP contribution in [0.15, 0.2) is 24.3 Å². The van der Waals surface area contributed by atoms with Crippen molar-refractivity contribution in [3.63, 3.8) is 0 Å². The number of hydrogen-bond donors (Lipinski definition) is 1. The minimum Gasteiger partial charge on any atom is -0.497 e. The highest BCUT2D eigenvalue weighted by Crippen LogP contribution is 2.15. The van der Waals surface area contributed by atoms with Crippen LogP contribution in [0.3, 0.4) is 0 Å². The molecule has 1 fully saturated rings. The molecule has 0 aromatic heterocycles. The summed E-state index contributed by atoms with van der Waals surface area (Å²) in [6, 6.07) is 8.94. The van der Waals surface area contributed by atoms with E-state index in [1.54, 1.807) is 7.11 Å². The van der Waals surface area contributed by atoms with Gasteiger partial charge in [0.1, 0.15) is 5.75 Å². The van der Waals surface area contributed by atoms with E-state index in [0.29, 0.717) is 6.04 Å². The van der Waals surface area contributed by atoms with Crippen molar-refractivity contribution in [2.75, 3.05) is 26.7 Å². The standard InChI is InChI=1S/C13H20N2O/c1-11-9-14-6-7-15(11)10-12-4-3-5-13(8-12)16-2/h3-5,8,11,14H,6-7,9-10H2,1-2H3. The summed E-state index contributed by atoms with van der Waals surface area (Å²) in [5.74, 6) is 0.945. The lowest BCUT2D eigenvalue weighted by atomic mass is 10.1. The molecule has 3 heteroatoms. The Morgan fingerprint density at radius 2 is 2.38 bits per heavy atom. The maximum Gasteiger partial charge on any atom is 0.119 e. The lowest BCUT2D eigenvalue weighted by Gasteiger charge is -2.33. The third-order valence-corrected chi connectivity index (χ3v) is 3.16. The molecule has 0 spiro atoms. The zero-order valence-electron chi connectivity index (χ0n) is 10.1. The molecule has 0 radical (unpaired) electrons. The molecule has 1 aliphatic rings. The molecule has 1 aromatic carbocycles. The molecule has 0 bridgehead atoms. The van der Waals surface area contributed by atoms with Crippen LogP contribution in [0.4, 0.5) is 0 Å². The molecule has 0 amide bonds. The van der Waals surface area contributed by atoms with Gasteiger partial charge in [0.25, 0.3) is 0 Å². The number of benzene rings is 1. The number of rotatable bonds is 3. The van der Waals surface area contributed by atoms with Crippen molar-refractivity contribution in [3.05, 3.63) is 29.8 Å². The van der Waals surface area contributed by atoms with Crippen LogP contribution in [0, 0.1) is 0 Å². The van der Waals surface area contributed by atoms with E-state index >= 15 is 0 Å². The molecule has 1 saturated heterocycles. The third kappa shape index (κ3) is 2.74. The van der Waals surface area contributed by atoms with Crippen molar-refractivity contribution in [1.29, 1.82) is 0 Å². The highest BCUT2D eigenvalue weighted by Gasteiger charge is 2.17. The minimum atomic E-state index is 0.611. The fourth-order valence-corrected chi connectivity index (χ4v) is 2.12. The Kier molecular flexibility index (Phi) is 3.80. The van der Waals surface area contributed by atoms with Crippen molar-refractivity contribution < 1.29 is 4.74 Å². The molecular weight excluding hydrogens is 200 g/mol. The SMILES string of the molecule is COc1cccc(CN2CCNCC2C)c1. The fourth-order valence-electron chi connectivity index (χ4n) is 2.12. The number of ether oxygens (including phenoxy) is 1. The Morgan fingerprint density at radius 1 is 1.50 bits per heavy atom. The first-order chi connectivity index (χ1) is 7.79. The van der Waals surface area contributed by atoms with E-state index in [-0.39, 0.29) is 0 Å². The predicted molar refractivity (Wildman–Crippen MR) is 65.7 cm³/mol. The molecule has 1 aromatic rings. The summed E-state index contributed by atoms with van der Waals surface area (Å²) in [5, 5.41) is 3.41. The maximum absolute atomic E-state index is 5.24. The summed E-state index contributed by atoms with van der Waals surface area (Å²) in [4.78, 5) is 2.51. The lowest BCUT2D eigenvalue weighted by Crippen LogP contribution is -2.49. The number of nitrogens with zero attached hydrogens (tertiary/aromatic N) is 1. The zero-order valence-corrected chi connectivity index (χ0v) is 10.1. The van der Waals surface area contributed by atoms with Gasteiger partial charge < -0.3 is 10.1 Å². The van der Waals surface area contributed by atoms with Crippen molar-refractivity contribution in [2.45, 2.75) is 19.5 Å². The third-order valence-electron chi connectivity index (χ3n) is 3.16. The molecule has 1 unspecified atom stereocenters. The van der Waals surface area contributed by atoms with Gasteiger partial charge >= 0.3 is 0 Å². The van der Waals surface area contributed by atoms with E-state index in [0.717, 1.165) is 31.9 Å². The lowest BCUT2D eigenvalue weighted by molar-refractivity contribution is 0.165. The molecule has 16 heavy (non-hydrogen) atoms. The Labute approximate surface area is 97.4 Å². The summed E-state index contributed by atoms with van der Waals surface area (Å²) >= 11 is 0. The maximum atomic E-state index is 5.24. The van der Waals surface area contributed by atoms with Crippen LogP contribution >= 0.6 is 0 Å². The van der Waals surface area contributed by atoms with Crippen LogP contribution in [-0.2, 0) is 6.54 Å². The summed E-state index contributed by atoms with van der Waals surface area (Å²) < 4.78 is 5.24. The van der Waals surface area contributed by atoms with Gasteiger partial charge in [-0.1, -0.05) is 12.1 Å². The minimum absolute atomic E-state index is 0.611. The van der Waals surface area contributed by atoms with Gasteiger partial charge in [-0.05, 0) is 24.6 Å². The van der Waals surface area contributed by atoms with Crippen LogP contribution < -0.4 is 10.1 Å². The molecule has 1 N–H and O–H groups in total. The summed E-state index contributed by atoms with van der Waals surface area (Å²) in [5.41, 5.74) is 1.33. The molecule has 1 aliphatic heterocycles. The normalized spacial score (nSPS) is 22.0. The van der Waals surface area contributed by atoms with Gasteiger partial charge in [-0.2, -0.15) is 0 Å². The molecule has 3 nitrogen and oxygen atoms in total. The number of piperazine rings is 1. The Morgan fingerprint density at radius 3 is 3.12 bits per heavy atom. The molecular formula is C13H20N2O. The van der Waals surface area contributed by atoms with Gasteiger partial charge in [-0.3, -0.25) is 4.90 Å². The monoisotopic (exact) mass is 220 g/mol. The zero-order chi connectivity index (χ0) is 11.4. The van der Waals surface area contributed by atoms with Gasteiger partial charge in [-0.25, -0.2) is 0 Å². The van der Waals surface area contributed by atoms with Gasteiger partial charge in [-0.15, -0.1) is 0 Å². The van der Waals surface area contributed by atoms with Crippen molar-refractivity contribution in [3.8, 4) is 5.75 Å². The highest BCUT2D eigenvalue weighted by molar-refractivity contribution is 5.28. The summed E-state index contributed by atoms with van der Waals surface area (Å²) in [6.07, 6.45) is 0. The van der Waals surface area contributed by atoms with E-state index in [2.05, 4.69) is 35.3 Å². The second kappa shape index (κ2) is 5.32. The first-order valence-electron chi connectivity index (χ1n) is 5.87. The Bertz CT molecular complexity index is 340. The van der Waals surface area contributed by atoms with E-state index < -0.39 is 0 Å². The Hall–Kier alpha value is -1.06. The molecule has 1 atom stereocenters. The van der Waals surface area contributed by atoms with Crippen molar-refractivity contribution >= 4 is 0 Å². The van der Waals surface area contributed by atoms with Crippen molar-refractivity contribution in [1.82, 2.24) is 10.2 Å². The van der Waals surface area contributed by atoms with Gasteiger partial charge in [0.15, 0.2) is 0 Å². The average Bonchev–Trinajstić information content (AvgIpc) is 2.32. The van der Waals surface area contributed by atoms with E-state index in [1.165, 1.54) is 5.56 Å². The van der Waals surface area contributed by atoms with E-state index in [1.807, 2.05) is 6.07 Å². The average molecular weight is 220 g/mol. The van der Waals surface area contributed by atoms with Crippen LogP contribution in [0.25, 0.3) is 0 Å². The largest absolute Gasteiger partial charge is 0.497 e. The Balaban J connectivity index is 2.01. The van der Waals surface area contributed by atoms with Gasteiger partial charge in [0.05, 0.1) is 7.11 Å². The second-order valence-electron chi connectivity index (χ2n) is 4.38. The van der Waals surface area contributed by atoms with Gasteiger partial charge in [0, 0.05) is 32.2 Å². The topological polar surface area (TPSA) is 24.5 Å². The van der Waals surface area contributed by atoms with E-state index in [4.69, 9.17) is 4.74 Å².